The van der Waals surface area contributed by atoms with Gasteiger partial charge in [0.2, 0.25) is 5.88 Å². The second kappa shape index (κ2) is 11.7. The highest BCUT2D eigenvalue weighted by Gasteiger charge is 2.16. The van der Waals surface area contributed by atoms with Crippen LogP contribution in [0.25, 0.3) is 11.1 Å². The second-order valence-electron chi connectivity index (χ2n) is 8.37. The van der Waals surface area contributed by atoms with Gasteiger partial charge in [-0.2, -0.15) is 0 Å². The normalized spacial score (nSPS) is 11.4. The van der Waals surface area contributed by atoms with E-state index >= 15 is 0 Å². The predicted octanol–water partition coefficient (Wildman–Crippen LogP) is 4.24. The molecule has 4 rings (SSSR count). The second-order valence-corrected chi connectivity index (χ2v) is 10.5. The van der Waals surface area contributed by atoms with Crippen LogP contribution in [0.5, 0.6) is 5.88 Å². The molecular weight excluding hydrogens is 474 g/mol. The molecule has 8 nitrogen and oxygen atoms in total. The topological polar surface area (TPSA) is 97.3 Å². The first-order valence-corrected chi connectivity index (χ1v) is 13.2. The molecule has 0 amide bonds. The van der Waals surface area contributed by atoms with Gasteiger partial charge in [-0.05, 0) is 55.6 Å². The first kappa shape index (κ1) is 25.3. The highest BCUT2D eigenvalue weighted by molar-refractivity contribution is 7.91. The van der Waals surface area contributed by atoms with Gasteiger partial charge < -0.3 is 15.0 Å². The Balaban J connectivity index is 1.35. The van der Waals surface area contributed by atoms with Crippen molar-refractivity contribution in [2.24, 2.45) is 0 Å². The zero-order chi connectivity index (χ0) is 25.4. The van der Waals surface area contributed by atoms with Crippen LogP contribution in [0.15, 0.2) is 90.2 Å². The molecule has 186 valence electrons. The fourth-order valence-corrected chi connectivity index (χ4v) is 4.96. The summed E-state index contributed by atoms with van der Waals surface area (Å²) in [5, 5.41) is 3.19. The molecule has 36 heavy (non-hydrogen) atoms. The zero-order valence-electron chi connectivity index (χ0n) is 20.3. The van der Waals surface area contributed by atoms with E-state index in [1.165, 1.54) is 0 Å². The van der Waals surface area contributed by atoms with Crippen molar-refractivity contribution in [3.63, 3.8) is 0 Å². The third-order valence-corrected chi connectivity index (χ3v) is 7.42. The van der Waals surface area contributed by atoms with Gasteiger partial charge in [-0.3, -0.25) is 4.98 Å². The summed E-state index contributed by atoms with van der Waals surface area (Å²) < 4.78 is 31.0. The van der Waals surface area contributed by atoms with Crippen molar-refractivity contribution in [3.8, 4) is 17.0 Å². The average molecular weight is 504 g/mol. The number of methoxy groups -OCH3 is 1. The molecule has 0 bridgehead atoms. The molecule has 0 aliphatic heterocycles. The Labute approximate surface area is 211 Å². The first-order valence-electron chi connectivity index (χ1n) is 11.6. The highest BCUT2D eigenvalue weighted by atomic mass is 32.2. The highest BCUT2D eigenvalue weighted by Crippen LogP contribution is 2.23. The molecule has 0 radical (unpaired) electrons. The zero-order valence-corrected chi connectivity index (χ0v) is 21.1. The molecule has 9 heteroatoms. The number of aromatic nitrogens is 3. The number of hydrogen-bond acceptors (Lipinski definition) is 8. The summed E-state index contributed by atoms with van der Waals surface area (Å²) >= 11 is 0. The average Bonchev–Trinajstić information content (AvgIpc) is 2.92. The number of pyridine rings is 3. The molecule has 4 aromatic rings. The number of sulfone groups is 1. The monoisotopic (exact) mass is 503 g/mol. The van der Waals surface area contributed by atoms with Crippen LogP contribution in [0, 0.1) is 0 Å². The van der Waals surface area contributed by atoms with E-state index in [0.717, 1.165) is 29.8 Å². The molecule has 0 spiro atoms. The van der Waals surface area contributed by atoms with Gasteiger partial charge in [-0.25, -0.2) is 18.4 Å². The Morgan fingerprint density at radius 2 is 1.69 bits per heavy atom. The molecule has 1 aromatic carbocycles. The Kier molecular flexibility index (Phi) is 8.24. The number of rotatable bonds is 11. The lowest BCUT2D eigenvalue weighted by Crippen LogP contribution is -2.27. The fourth-order valence-electron chi connectivity index (χ4n) is 3.58. The van der Waals surface area contributed by atoms with Gasteiger partial charge in [0, 0.05) is 66.7 Å². The van der Waals surface area contributed by atoms with E-state index in [4.69, 9.17) is 4.74 Å². The van der Waals surface area contributed by atoms with Gasteiger partial charge in [0.15, 0.2) is 9.84 Å². The summed E-state index contributed by atoms with van der Waals surface area (Å²) in [5.74, 6) is 1.21. The van der Waals surface area contributed by atoms with Crippen molar-refractivity contribution in [1.29, 1.82) is 0 Å². The maximum atomic E-state index is 13.0. The predicted molar refractivity (Wildman–Crippen MR) is 141 cm³/mol. The molecule has 0 saturated heterocycles. The van der Waals surface area contributed by atoms with Gasteiger partial charge in [0.1, 0.15) is 5.82 Å². The number of ether oxygens (including phenoxy) is 1. The molecule has 0 aliphatic carbocycles. The maximum absolute atomic E-state index is 13.0. The fraction of sp³-hybridized carbons (Fsp3) is 0.222. The first-order chi connectivity index (χ1) is 17.4. The van der Waals surface area contributed by atoms with E-state index in [1.807, 2.05) is 54.4 Å². The van der Waals surface area contributed by atoms with E-state index in [9.17, 15) is 8.42 Å². The largest absolute Gasteiger partial charge is 0.481 e. The van der Waals surface area contributed by atoms with Crippen molar-refractivity contribution in [3.05, 3.63) is 91.0 Å². The van der Waals surface area contributed by atoms with Crippen molar-refractivity contribution in [2.75, 3.05) is 38.3 Å². The van der Waals surface area contributed by atoms with Crippen LogP contribution in [-0.2, 0) is 16.3 Å². The summed E-state index contributed by atoms with van der Waals surface area (Å²) in [6.45, 7) is 1.18. The molecular formula is C27H29N5O3S. The maximum Gasteiger partial charge on any atom is 0.212 e. The van der Waals surface area contributed by atoms with Gasteiger partial charge in [0.05, 0.1) is 17.8 Å². The van der Waals surface area contributed by atoms with Gasteiger partial charge in [0.25, 0.3) is 0 Å². The Morgan fingerprint density at radius 3 is 2.36 bits per heavy atom. The number of anilines is 2. The number of hydrogen-bond donors (Lipinski definition) is 1. The lowest BCUT2D eigenvalue weighted by atomic mass is 10.1. The van der Waals surface area contributed by atoms with Gasteiger partial charge in [-0.1, -0.05) is 12.1 Å². The minimum Gasteiger partial charge on any atom is -0.481 e. The van der Waals surface area contributed by atoms with E-state index in [-0.39, 0.29) is 10.6 Å². The SMILES string of the molecule is COc1ccc(-c2ccc(Nc3cccc(S(=O)(=O)CCN(C)CCc4ccccn4)c3)nc2)cn1. The third-order valence-electron chi connectivity index (χ3n) is 5.73. The van der Waals surface area contributed by atoms with Crippen molar-refractivity contribution in [2.45, 2.75) is 11.3 Å². The van der Waals surface area contributed by atoms with Crippen molar-refractivity contribution < 1.29 is 13.2 Å². The van der Waals surface area contributed by atoms with E-state index in [2.05, 4.69) is 20.3 Å². The Morgan fingerprint density at radius 1 is 0.889 bits per heavy atom. The summed E-state index contributed by atoms with van der Waals surface area (Å²) in [7, 11) is 0.0651. The quantitative estimate of drug-likeness (QED) is 0.325. The standard InChI is InChI=1S/C27H29N5O3S/c1-32(15-13-23-6-3-4-14-28-23)16-17-36(33,34)25-8-5-7-24(18-25)31-26-11-9-21(19-29-26)22-10-12-27(35-2)30-20-22/h3-12,14,18-20H,13,15-17H2,1-2H3,(H,29,31). The number of nitrogens with one attached hydrogen (secondary N) is 1. The van der Waals surface area contributed by atoms with Crippen LogP contribution in [0.4, 0.5) is 11.5 Å². The number of likely N-dealkylation sites (N-methyl/N-ethyl adjacent to an activating group) is 1. The minimum absolute atomic E-state index is 0.0397. The molecule has 0 fully saturated rings. The molecule has 1 N–H and O–H groups in total. The molecule has 0 saturated carbocycles. The van der Waals surface area contributed by atoms with Crippen LogP contribution in [-0.4, -0.2) is 61.3 Å². The lowest BCUT2D eigenvalue weighted by molar-refractivity contribution is 0.356. The summed E-state index contributed by atoms with van der Waals surface area (Å²) in [6.07, 6.45) is 6.02. The van der Waals surface area contributed by atoms with Crippen LogP contribution >= 0.6 is 0 Å². The molecule has 0 aliphatic rings. The minimum atomic E-state index is -3.44. The van der Waals surface area contributed by atoms with Gasteiger partial charge in [-0.15, -0.1) is 0 Å². The molecule has 0 unspecified atom stereocenters. The molecule has 0 atom stereocenters. The van der Waals surface area contributed by atoms with Crippen LogP contribution in [0.2, 0.25) is 0 Å². The van der Waals surface area contributed by atoms with E-state index in [1.54, 1.807) is 50.0 Å². The smallest absolute Gasteiger partial charge is 0.212 e. The Bertz CT molecular complexity index is 1360. The lowest BCUT2D eigenvalue weighted by Gasteiger charge is -2.16. The van der Waals surface area contributed by atoms with Gasteiger partial charge >= 0.3 is 0 Å². The summed E-state index contributed by atoms with van der Waals surface area (Å²) in [5.41, 5.74) is 3.49. The van der Waals surface area contributed by atoms with E-state index < -0.39 is 9.84 Å². The van der Waals surface area contributed by atoms with E-state index in [0.29, 0.717) is 23.9 Å². The van der Waals surface area contributed by atoms with Crippen molar-refractivity contribution >= 4 is 21.3 Å². The summed E-state index contributed by atoms with van der Waals surface area (Å²) in [4.78, 5) is 15.3. The van der Waals surface area contributed by atoms with Crippen molar-refractivity contribution in [1.82, 2.24) is 19.9 Å². The summed E-state index contributed by atoms with van der Waals surface area (Å²) in [6, 6.07) is 20.1. The van der Waals surface area contributed by atoms with Crippen LogP contribution < -0.4 is 10.1 Å². The Hall–Kier alpha value is -3.82. The number of nitrogens with zero attached hydrogens (tertiary/aromatic N) is 4. The molecule has 3 aromatic heterocycles. The number of benzene rings is 1. The van der Waals surface area contributed by atoms with Crippen LogP contribution in [0.1, 0.15) is 5.69 Å². The van der Waals surface area contributed by atoms with Crippen LogP contribution in [0.3, 0.4) is 0 Å². The third kappa shape index (κ3) is 6.87. The molecule has 3 heterocycles.